The van der Waals surface area contributed by atoms with Crippen LogP contribution in [-0.4, -0.2) is 20.1 Å². The molecule has 1 fully saturated rings. The molecular weight excluding hydrogens is 176 g/mol. The highest BCUT2D eigenvalue weighted by atomic mass is 16.4. The molecule has 0 unspecified atom stereocenters. The Hall–Kier alpha value is -0.960. The van der Waals surface area contributed by atoms with E-state index in [2.05, 4.69) is 22.3 Å². The highest BCUT2D eigenvalue weighted by Gasteiger charge is 2.13. The van der Waals surface area contributed by atoms with Gasteiger partial charge in [0.15, 0.2) is 5.88 Å². The number of anilines is 1. The SMILES string of the molecule is CNCc1ccc(N2CCCCC2)o1. The Morgan fingerprint density at radius 1 is 1.29 bits per heavy atom. The predicted octanol–water partition coefficient (Wildman–Crippen LogP) is 1.99. The highest BCUT2D eigenvalue weighted by Crippen LogP contribution is 2.22. The molecule has 3 nitrogen and oxygen atoms in total. The Kier molecular flexibility index (Phi) is 3.09. The molecule has 14 heavy (non-hydrogen) atoms. The van der Waals surface area contributed by atoms with E-state index in [1.165, 1.54) is 19.3 Å². The van der Waals surface area contributed by atoms with Crippen LogP contribution in [0.15, 0.2) is 16.5 Å². The highest BCUT2D eigenvalue weighted by molar-refractivity contribution is 5.36. The third-order valence-corrected chi connectivity index (χ3v) is 2.67. The first-order chi connectivity index (χ1) is 6.90. The molecule has 1 aliphatic heterocycles. The van der Waals surface area contributed by atoms with E-state index in [1.54, 1.807) is 0 Å². The molecule has 0 saturated carbocycles. The largest absolute Gasteiger partial charge is 0.444 e. The van der Waals surface area contributed by atoms with E-state index in [0.717, 1.165) is 31.3 Å². The van der Waals surface area contributed by atoms with Crippen LogP contribution in [0.3, 0.4) is 0 Å². The summed E-state index contributed by atoms with van der Waals surface area (Å²) in [5.74, 6) is 2.06. The van der Waals surface area contributed by atoms with Gasteiger partial charge in [-0.2, -0.15) is 0 Å². The summed E-state index contributed by atoms with van der Waals surface area (Å²) in [5.41, 5.74) is 0. The monoisotopic (exact) mass is 194 g/mol. The molecular formula is C11H18N2O. The Morgan fingerprint density at radius 2 is 2.07 bits per heavy atom. The van der Waals surface area contributed by atoms with Crippen molar-refractivity contribution in [3.8, 4) is 0 Å². The van der Waals surface area contributed by atoms with Crippen LogP contribution in [0, 0.1) is 0 Å². The van der Waals surface area contributed by atoms with Crippen molar-refractivity contribution < 1.29 is 4.42 Å². The second-order valence-corrected chi connectivity index (χ2v) is 3.82. The standard InChI is InChI=1S/C11H18N2O/c1-12-9-10-5-6-11(14-10)13-7-3-2-4-8-13/h5-6,12H,2-4,7-9H2,1H3. The average molecular weight is 194 g/mol. The van der Waals surface area contributed by atoms with Gasteiger partial charge in [-0.1, -0.05) is 0 Å². The zero-order valence-electron chi connectivity index (χ0n) is 8.75. The molecule has 0 bridgehead atoms. The van der Waals surface area contributed by atoms with Crippen LogP contribution in [0.5, 0.6) is 0 Å². The van der Waals surface area contributed by atoms with Gasteiger partial charge in [0.05, 0.1) is 6.54 Å². The van der Waals surface area contributed by atoms with Crippen LogP contribution in [-0.2, 0) is 6.54 Å². The summed E-state index contributed by atoms with van der Waals surface area (Å²) in [6, 6.07) is 4.14. The normalized spacial score (nSPS) is 17.4. The number of furan rings is 1. The maximum Gasteiger partial charge on any atom is 0.195 e. The van der Waals surface area contributed by atoms with E-state index < -0.39 is 0 Å². The zero-order valence-corrected chi connectivity index (χ0v) is 8.75. The molecule has 1 aromatic heterocycles. The minimum atomic E-state index is 0.813. The van der Waals surface area contributed by atoms with Crippen molar-refractivity contribution in [1.29, 1.82) is 0 Å². The van der Waals surface area contributed by atoms with Gasteiger partial charge in [0.2, 0.25) is 0 Å². The Balaban J connectivity index is 2.00. The van der Waals surface area contributed by atoms with Gasteiger partial charge in [-0.25, -0.2) is 0 Å². The van der Waals surface area contributed by atoms with Gasteiger partial charge in [0.25, 0.3) is 0 Å². The van der Waals surface area contributed by atoms with Crippen LogP contribution < -0.4 is 10.2 Å². The van der Waals surface area contributed by atoms with Gasteiger partial charge in [-0.3, -0.25) is 0 Å². The van der Waals surface area contributed by atoms with Gasteiger partial charge in [0.1, 0.15) is 5.76 Å². The molecule has 1 aliphatic rings. The first-order valence-electron chi connectivity index (χ1n) is 5.38. The molecule has 1 saturated heterocycles. The van der Waals surface area contributed by atoms with Crippen molar-refractivity contribution in [2.45, 2.75) is 25.8 Å². The summed E-state index contributed by atoms with van der Waals surface area (Å²) in [5, 5.41) is 3.09. The fourth-order valence-electron chi connectivity index (χ4n) is 1.92. The quantitative estimate of drug-likeness (QED) is 0.797. The first-order valence-corrected chi connectivity index (χ1v) is 5.38. The minimum absolute atomic E-state index is 0.813. The fourth-order valence-corrected chi connectivity index (χ4v) is 1.92. The molecule has 0 spiro atoms. The minimum Gasteiger partial charge on any atom is -0.444 e. The maximum atomic E-state index is 5.73. The van der Waals surface area contributed by atoms with Gasteiger partial charge in [0, 0.05) is 19.2 Å². The van der Waals surface area contributed by atoms with E-state index in [0.29, 0.717) is 0 Å². The van der Waals surface area contributed by atoms with Gasteiger partial charge >= 0.3 is 0 Å². The maximum absolute atomic E-state index is 5.73. The second-order valence-electron chi connectivity index (χ2n) is 3.82. The lowest BCUT2D eigenvalue weighted by molar-refractivity contribution is 0.464. The number of piperidine rings is 1. The third kappa shape index (κ3) is 2.10. The third-order valence-electron chi connectivity index (χ3n) is 2.67. The molecule has 2 heterocycles. The summed E-state index contributed by atoms with van der Waals surface area (Å²) in [4.78, 5) is 2.34. The lowest BCUT2D eigenvalue weighted by atomic mass is 10.1. The van der Waals surface area contributed by atoms with Gasteiger partial charge in [-0.05, 0) is 32.4 Å². The van der Waals surface area contributed by atoms with Crippen LogP contribution in [0.2, 0.25) is 0 Å². The van der Waals surface area contributed by atoms with E-state index in [1.807, 2.05) is 7.05 Å². The van der Waals surface area contributed by atoms with Crippen molar-refractivity contribution in [3.05, 3.63) is 17.9 Å². The van der Waals surface area contributed by atoms with Crippen molar-refractivity contribution in [1.82, 2.24) is 5.32 Å². The summed E-state index contributed by atoms with van der Waals surface area (Å²) in [6.07, 6.45) is 3.95. The second kappa shape index (κ2) is 4.51. The topological polar surface area (TPSA) is 28.4 Å². The van der Waals surface area contributed by atoms with Gasteiger partial charge < -0.3 is 14.6 Å². The molecule has 1 aromatic rings. The van der Waals surface area contributed by atoms with E-state index in [4.69, 9.17) is 4.42 Å². The van der Waals surface area contributed by atoms with Gasteiger partial charge in [-0.15, -0.1) is 0 Å². The number of hydrogen-bond acceptors (Lipinski definition) is 3. The smallest absolute Gasteiger partial charge is 0.195 e. The van der Waals surface area contributed by atoms with E-state index >= 15 is 0 Å². The van der Waals surface area contributed by atoms with Crippen LogP contribution in [0.4, 0.5) is 5.88 Å². The summed E-state index contributed by atoms with van der Waals surface area (Å²) >= 11 is 0. The number of nitrogens with one attached hydrogen (secondary N) is 1. The molecule has 3 heteroatoms. The van der Waals surface area contributed by atoms with Crippen LogP contribution in [0.1, 0.15) is 25.0 Å². The Morgan fingerprint density at radius 3 is 2.79 bits per heavy atom. The van der Waals surface area contributed by atoms with Crippen molar-refractivity contribution in [2.75, 3.05) is 25.0 Å². The molecule has 1 N–H and O–H groups in total. The zero-order chi connectivity index (χ0) is 9.80. The fraction of sp³-hybridized carbons (Fsp3) is 0.636. The van der Waals surface area contributed by atoms with E-state index in [9.17, 15) is 0 Å². The molecule has 0 aliphatic carbocycles. The number of nitrogens with zero attached hydrogens (tertiary/aromatic N) is 1. The number of hydrogen-bond donors (Lipinski definition) is 1. The average Bonchev–Trinajstić information content (AvgIpc) is 2.68. The van der Waals surface area contributed by atoms with Crippen molar-refractivity contribution in [3.63, 3.8) is 0 Å². The van der Waals surface area contributed by atoms with Crippen LogP contribution in [0.25, 0.3) is 0 Å². The van der Waals surface area contributed by atoms with Crippen molar-refractivity contribution in [2.24, 2.45) is 0 Å². The van der Waals surface area contributed by atoms with Crippen LogP contribution >= 0.6 is 0 Å². The molecule has 0 atom stereocenters. The molecule has 78 valence electrons. The molecule has 0 amide bonds. The number of rotatable bonds is 3. The van der Waals surface area contributed by atoms with Crippen molar-refractivity contribution >= 4 is 5.88 Å². The molecule has 2 rings (SSSR count). The summed E-state index contributed by atoms with van der Waals surface area (Å²) in [7, 11) is 1.93. The Bertz CT molecular complexity index is 277. The lowest BCUT2D eigenvalue weighted by Crippen LogP contribution is -2.28. The Labute approximate surface area is 85.1 Å². The molecule has 0 aromatic carbocycles. The lowest BCUT2D eigenvalue weighted by Gasteiger charge is -2.25. The predicted molar refractivity (Wildman–Crippen MR) is 57.5 cm³/mol. The van der Waals surface area contributed by atoms with E-state index in [-0.39, 0.29) is 0 Å². The first kappa shape index (κ1) is 9.59. The summed E-state index contributed by atoms with van der Waals surface area (Å²) in [6.45, 7) is 3.10. The molecule has 0 radical (unpaired) electrons. The summed E-state index contributed by atoms with van der Waals surface area (Å²) < 4.78 is 5.73.